The van der Waals surface area contributed by atoms with Crippen LogP contribution in [0.1, 0.15) is 49.8 Å². The van der Waals surface area contributed by atoms with Crippen LogP contribution in [0, 0.1) is 0 Å². The number of aliphatic hydroxyl groups is 1. The van der Waals surface area contributed by atoms with Crippen LogP contribution in [-0.4, -0.2) is 19.3 Å². The van der Waals surface area contributed by atoms with Crippen LogP contribution in [0.4, 0.5) is 5.69 Å². The van der Waals surface area contributed by atoms with E-state index in [-0.39, 0.29) is 29.4 Å². The summed E-state index contributed by atoms with van der Waals surface area (Å²) in [4.78, 5) is 12.7. The van der Waals surface area contributed by atoms with Crippen molar-refractivity contribution in [3.63, 3.8) is 0 Å². The SMILES string of the molecule is CCCCCC(=O)C(O)c1ccc(OCc2ccccc2)c(NS(=O)(=O)c2cccc3ccccc23)c1. The molecule has 0 amide bonds. The number of anilines is 1. The number of hydrogen-bond donors (Lipinski definition) is 2. The summed E-state index contributed by atoms with van der Waals surface area (Å²) in [5, 5.41) is 12.1. The Morgan fingerprint density at radius 1 is 0.919 bits per heavy atom. The van der Waals surface area contributed by atoms with Crippen LogP contribution in [0.25, 0.3) is 10.8 Å². The second-order valence-corrected chi connectivity index (χ2v) is 10.6. The van der Waals surface area contributed by atoms with Gasteiger partial charge in [0.15, 0.2) is 5.78 Å². The molecule has 4 rings (SSSR count). The first kappa shape index (κ1) is 26.4. The van der Waals surface area contributed by atoms with Gasteiger partial charge in [-0.2, -0.15) is 0 Å². The summed E-state index contributed by atoms with van der Waals surface area (Å²) < 4.78 is 35.7. The van der Waals surface area contributed by atoms with Crippen molar-refractivity contribution in [2.75, 3.05) is 4.72 Å². The van der Waals surface area contributed by atoms with Gasteiger partial charge in [0.05, 0.1) is 10.6 Å². The summed E-state index contributed by atoms with van der Waals surface area (Å²) in [6.45, 7) is 2.27. The molecule has 0 fully saturated rings. The number of carbonyl (C=O) groups excluding carboxylic acids is 1. The van der Waals surface area contributed by atoms with Crippen LogP contribution in [0.15, 0.2) is 95.9 Å². The molecule has 1 atom stereocenters. The maximum Gasteiger partial charge on any atom is 0.262 e. The third-order valence-electron chi connectivity index (χ3n) is 6.17. The molecule has 6 nitrogen and oxygen atoms in total. The van der Waals surface area contributed by atoms with Crippen LogP contribution >= 0.6 is 0 Å². The van der Waals surface area contributed by atoms with E-state index in [1.807, 2.05) is 55.5 Å². The van der Waals surface area contributed by atoms with Crippen LogP contribution in [-0.2, 0) is 21.4 Å². The lowest BCUT2D eigenvalue weighted by Gasteiger charge is -2.18. The number of aliphatic hydroxyl groups excluding tert-OH is 1. The molecule has 2 N–H and O–H groups in total. The lowest BCUT2D eigenvalue weighted by Crippen LogP contribution is -2.16. The molecule has 0 saturated carbocycles. The molecule has 192 valence electrons. The summed E-state index contributed by atoms with van der Waals surface area (Å²) in [6, 6.07) is 26.5. The van der Waals surface area contributed by atoms with Crippen molar-refractivity contribution >= 4 is 32.3 Å². The van der Waals surface area contributed by atoms with Crippen molar-refractivity contribution in [1.82, 2.24) is 0 Å². The molecule has 37 heavy (non-hydrogen) atoms. The number of hydrogen-bond acceptors (Lipinski definition) is 5. The van der Waals surface area contributed by atoms with Gasteiger partial charge in [0.25, 0.3) is 10.0 Å². The number of ketones is 1. The molecule has 1 unspecified atom stereocenters. The molecule has 0 aliphatic carbocycles. The zero-order valence-electron chi connectivity index (χ0n) is 20.8. The Hall–Kier alpha value is -3.68. The minimum Gasteiger partial charge on any atom is -0.487 e. The van der Waals surface area contributed by atoms with Gasteiger partial charge in [-0.25, -0.2) is 8.42 Å². The van der Waals surface area contributed by atoms with Crippen LogP contribution in [0.3, 0.4) is 0 Å². The Bertz CT molecular complexity index is 1460. The van der Waals surface area contributed by atoms with Crippen molar-refractivity contribution in [2.24, 2.45) is 0 Å². The topological polar surface area (TPSA) is 92.7 Å². The number of carbonyl (C=O) groups is 1. The van der Waals surface area contributed by atoms with Gasteiger partial charge in [-0.15, -0.1) is 0 Å². The summed E-state index contributed by atoms with van der Waals surface area (Å²) in [6.07, 6.45) is 1.49. The zero-order chi connectivity index (χ0) is 26.3. The lowest BCUT2D eigenvalue weighted by molar-refractivity contribution is -0.127. The van der Waals surface area contributed by atoms with Crippen molar-refractivity contribution < 1.29 is 23.1 Å². The number of fused-ring (bicyclic) bond motifs is 1. The predicted molar refractivity (Wildman–Crippen MR) is 146 cm³/mol. The van der Waals surface area contributed by atoms with E-state index in [0.29, 0.717) is 23.1 Å². The lowest BCUT2D eigenvalue weighted by atomic mass is 10.0. The van der Waals surface area contributed by atoms with E-state index < -0.39 is 16.1 Å². The van der Waals surface area contributed by atoms with Gasteiger partial charge < -0.3 is 9.84 Å². The number of benzene rings is 4. The molecule has 0 radical (unpaired) electrons. The molecular weight excluding hydrogens is 486 g/mol. The number of sulfonamides is 1. The standard InChI is InChI=1S/C30H31NO5S/c1-2-3-5-16-27(32)30(33)24-18-19-28(36-21-22-11-6-4-7-12-22)26(20-24)31-37(34,35)29-17-10-14-23-13-8-9-15-25(23)29/h4,6-15,17-20,30-31,33H,2-3,5,16,21H2,1H3. The smallest absolute Gasteiger partial charge is 0.262 e. The Balaban J connectivity index is 1.67. The van der Waals surface area contributed by atoms with Gasteiger partial charge in [0.2, 0.25) is 0 Å². The molecule has 0 saturated heterocycles. The second kappa shape index (κ2) is 12.0. The third-order valence-corrected chi connectivity index (χ3v) is 7.60. The van der Waals surface area contributed by atoms with Crippen molar-refractivity contribution in [3.8, 4) is 5.75 Å². The molecule has 7 heteroatoms. The maximum atomic E-state index is 13.5. The van der Waals surface area contributed by atoms with Crippen LogP contribution in [0.5, 0.6) is 5.75 Å². The predicted octanol–water partition coefficient (Wildman–Crippen LogP) is 6.40. The molecule has 0 bridgehead atoms. The summed E-state index contributed by atoms with van der Waals surface area (Å²) >= 11 is 0. The fourth-order valence-corrected chi connectivity index (χ4v) is 5.45. The third kappa shape index (κ3) is 6.56. The van der Waals surface area contributed by atoms with E-state index in [4.69, 9.17) is 4.74 Å². The summed E-state index contributed by atoms with van der Waals surface area (Å²) in [5.74, 6) is -0.00342. The first-order valence-electron chi connectivity index (χ1n) is 12.4. The molecule has 4 aromatic rings. The molecule has 0 aromatic heterocycles. The Kier molecular flexibility index (Phi) is 8.58. The highest BCUT2D eigenvalue weighted by Gasteiger charge is 2.23. The minimum atomic E-state index is -4.02. The number of ether oxygens (including phenoxy) is 1. The molecular formula is C30H31NO5S. The average Bonchev–Trinajstić information content (AvgIpc) is 2.92. The quantitative estimate of drug-likeness (QED) is 0.212. The number of Topliss-reactive ketones (excluding diaryl/α,β-unsaturated/α-hetero) is 1. The monoisotopic (exact) mass is 517 g/mol. The number of nitrogens with one attached hydrogen (secondary N) is 1. The van der Waals surface area contributed by atoms with Crippen molar-refractivity contribution in [3.05, 3.63) is 102 Å². The maximum absolute atomic E-state index is 13.5. The molecule has 0 aliphatic heterocycles. The van der Waals surface area contributed by atoms with Gasteiger partial charge >= 0.3 is 0 Å². The van der Waals surface area contributed by atoms with Gasteiger partial charge in [-0.1, -0.05) is 92.6 Å². The average molecular weight is 518 g/mol. The molecule has 0 spiro atoms. The fourth-order valence-electron chi connectivity index (χ4n) is 4.16. The first-order chi connectivity index (χ1) is 17.9. The van der Waals surface area contributed by atoms with Crippen molar-refractivity contribution in [1.29, 1.82) is 0 Å². The van der Waals surface area contributed by atoms with E-state index in [0.717, 1.165) is 23.8 Å². The molecule has 0 aliphatic rings. The molecule has 0 heterocycles. The minimum absolute atomic E-state index is 0.126. The Labute approximate surface area is 218 Å². The summed E-state index contributed by atoms with van der Waals surface area (Å²) in [7, 11) is -4.02. The fraction of sp³-hybridized carbons (Fsp3) is 0.233. The van der Waals surface area contributed by atoms with E-state index >= 15 is 0 Å². The van der Waals surface area contributed by atoms with Crippen LogP contribution in [0.2, 0.25) is 0 Å². The summed E-state index contributed by atoms with van der Waals surface area (Å²) in [5.41, 5.74) is 1.38. The van der Waals surface area contributed by atoms with Gasteiger partial charge in [0.1, 0.15) is 18.5 Å². The van der Waals surface area contributed by atoms with E-state index in [1.54, 1.807) is 36.4 Å². The first-order valence-corrected chi connectivity index (χ1v) is 13.9. The highest BCUT2D eigenvalue weighted by molar-refractivity contribution is 7.93. The number of unbranched alkanes of at least 4 members (excludes halogenated alkanes) is 2. The van der Waals surface area contributed by atoms with E-state index in [2.05, 4.69) is 4.72 Å². The highest BCUT2D eigenvalue weighted by Crippen LogP contribution is 2.33. The Morgan fingerprint density at radius 3 is 2.43 bits per heavy atom. The number of rotatable bonds is 12. The van der Waals surface area contributed by atoms with Gasteiger partial charge in [0, 0.05) is 11.8 Å². The second-order valence-electron chi connectivity index (χ2n) is 8.94. The van der Waals surface area contributed by atoms with E-state index in [1.165, 1.54) is 6.07 Å². The largest absolute Gasteiger partial charge is 0.487 e. The zero-order valence-corrected chi connectivity index (χ0v) is 21.6. The Morgan fingerprint density at radius 2 is 1.65 bits per heavy atom. The molecule has 4 aromatic carbocycles. The van der Waals surface area contributed by atoms with Gasteiger partial charge in [-0.3, -0.25) is 9.52 Å². The van der Waals surface area contributed by atoms with Crippen molar-refractivity contribution in [2.45, 2.75) is 50.2 Å². The highest BCUT2D eigenvalue weighted by atomic mass is 32.2. The van der Waals surface area contributed by atoms with E-state index in [9.17, 15) is 18.3 Å². The van der Waals surface area contributed by atoms with Gasteiger partial charge in [-0.05, 0) is 41.1 Å². The normalized spacial score (nSPS) is 12.3. The van der Waals surface area contributed by atoms with Crippen LogP contribution < -0.4 is 9.46 Å².